The first-order chi connectivity index (χ1) is 25.5. The summed E-state index contributed by atoms with van der Waals surface area (Å²) in [6.45, 7) is 0. The van der Waals surface area contributed by atoms with Gasteiger partial charge in [0.05, 0.1) is 11.4 Å². The summed E-state index contributed by atoms with van der Waals surface area (Å²) in [7, 11) is -9.26. The van der Waals surface area contributed by atoms with Crippen LogP contribution in [0.3, 0.4) is 0 Å². The van der Waals surface area contributed by atoms with Gasteiger partial charge >= 0.3 is 11.8 Å². The van der Waals surface area contributed by atoms with Crippen LogP contribution in [-0.2, 0) is 29.8 Å². The zero-order valence-electron chi connectivity index (χ0n) is 27.3. The van der Waals surface area contributed by atoms with Crippen LogP contribution in [0.25, 0.3) is 21.5 Å². The second-order valence-electron chi connectivity index (χ2n) is 11.6. The number of hydrogen-bond donors (Lipinski definition) is 8. The molecule has 6 aromatic rings. The number of phenols is 2. The SMILES string of the molecule is O=C(Nc1cccc(C(=O)Nc2c(O)ccc3c(S(=O)(=O)O)cccc23)c1)C(=O)Nc1cccc(C(=O)Nc2c(O)ccc3c(S(=O)(=O)O)cccc23)c1. The second-order valence-corrected chi connectivity index (χ2v) is 14.3. The molecule has 0 saturated heterocycles. The molecule has 6 rings (SSSR count). The smallest absolute Gasteiger partial charge is 0.314 e. The van der Waals surface area contributed by atoms with Crippen molar-refractivity contribution in [1.29, 1.82) is 0 Å². The van der Waals surface area contributed by atoms with Crippen molar-refractivity contribution >= 4 is 88.2 Å². The van der Waals surface area contributed by atoms with E-state index in [4.69, 9.17) is 0 Å². The number of amides is 4. The molecule has 54 heavy (non-hydrogen) atoms. The van der Waals surface area contributed by atoms with Crippen LogP contribution in [0.15, 0.2) is 119 Å². The molecule has 4 amide bonds. The van der Waals surface area contributed by atoms with E-state index in [9.17, 15) is 55.3 Å². The van der Waals surface area contributed by atoms with Crippen molar-refractivity contribution in [2.45, 2.75) is 9.79 Å². The van der Waals surface area contributed by atoms with E-state index in [1.807, 2.05) is 0 Å². The molecule has 0 radical (unpaired) electrons. The molecule has 0 saturated carbocycles. The number of benzene rings is 6. The van der Waals surface area contributed by atoms with Gasteiger partial charge in [-0.3, -0.25) is 28.3 Å². The minimum atomic E-state index is -4.63. The molecule has 0 fully saturated rings. The summed E-state index contributed by atoms with van der Waals surface area (Å²) in [5.74, 6) is -4.65. The topological polar surface area (TPSA) is 266 Å². The molecule has 0 spiro atoms. The number of nitrogens with one attached hydrogen (secondary N) is 4. The zero-order valence-corrected chi connectivity index (χ0v) is 28.9. The Hall–Kier alpha value is -6.86. The molecular weight excluding hydrogens is 745 g/mol. The lowest BCUT2D eigenvalue weighted by molar-refractivity contribution is -0.132. The van der Waals surface area contributed by atoms with Gasteiger partial charge in [-0.15, -0.1) is 0 Å². The van der Waals surface area contributed by atoms with E-state index in [-0.39, 0.29) is 55.4 Å². The number of carbonyl (C=O) groups is 4. The van der Waals surface area contributed by atoms with E-state index in [0.717, 1.165) is 24.3 Å². The lowest BCUT2D eigenvalue weighted by Crippen LogP contribution is -2.29. The Labute approximate surface area is 305 Å². The number of phenolic OH excluding ortho intramolecular Hbond substituents is 2. The van der Waals surface area contributed by atoms with Gasteiger partial charge in [0.25, 0.3) is 32.1 Å². The van der Waals surface area contributed by atoms with E-state index in [1.165, 1.54) is 84.9 Å². The van der Waals surface area contributed by atoms with Crippen LogP contribution < -0.4 is 21.3 Å². The third-order valence-electron chi connectivity index (χ3n) is 8.00. The average molecular weight is 771 g/mol. The highest BCUT2D eigenvalue weighted by atomic mass is 32.2. The van der Waals surface area contributed by atoms with Crippen LogP contribution >= 0.6 is 0 Å². The fourth-order valence-corrected chi connectivity index (χ4v) is 6.98. The number of hydrogen-bond acceptors (Lipinski definition) is 10. The van der Waals surface area contributed by atoms with Crippen molar-refractivity contribution < 1.29 is 55.3 Å². The van der Waals surface area contributed by atoms with E-state index in [0.29, 0.717) is 0 Å². The van der Waals surface area contributed by atoms with Gasteiger partial charge in [-0.2, -0.15) is 16.8 Å². The summed E-state index contributed by atoms with van der Waals surface area (Å²) in [6, 6.07) is 23.4. The normalized spacial score (nSPS) is 11.5. The molecule has 0 atom stereocenters. The summed E-state index contributed by atoms with van der Waals surface area (Å²) in [4.78, 5) is 51.1. The second kappa shape index (κ2) is 14.3. The van der Waals surface area contributed by atoms with E-state index in [1.54, 1.807) is 0 Å². The van der Waals surface area contributed by atoms with Crippen molar-refractivity contribution in [3.8, 4) is 11.5 Å². The monoisotopic (exact) mass is 770 g/mol. The molecule has 8 N–H and O–H groups in total. The highest BCUT2D eigenvalue weighted by Crippen LogP contribution is 2.37. The number of anilines is 4. The minimum absolute atomic E-state index is 0.0266. The first-order valence-electron chi connectivity index (χ1n) is 15.4. The van der Waals surface area contributed by atoms with Gasteiger partial charge in [-0.1, -0.05) is 36.4 Å². The first-order valence-corrected chi connectivity index (χ1v) is 18.3. The summed E-state index contributed by atoms with van der Waals surface area (Å²) in [5.41, 5.74) is -0.292. The summed E-state index contributed by atoms with van der Waals surface area (Å²) >= 11 is 0. The molecule has 16 nitrogen and oxygen atoms in total. The zero-order chi connectivity index (χ0) is 38.9. The fourth-order valence-electron chi connectivity index (χ4n) is 5.57. The Kier molecular flexibility index (Phi) is 9.76. The summed E-state index contributed by atoms with van der Waals surface area (Å²) in [6.07, 6.45) is 0. The van der Waals surface area contributed by atoms with Gasteiger partial charge in [0, 0.05) is 44.0 Å². The third-order valence-corrected chi connectivity index (χ3v) is 9.83. The van der Waals surface area contributed by atoms with Gasteiger partial charge in [-0.25, -0.2) is 0 Å². The predicted octanol–water partition coefficient (Wildman–Crippen LogP) is 4.98. The Morgan fingerprint density at radius 3 is 1.19 bits per heavy atom. The fraction of sp³-hybridized carbons (Fsp3) is 0. The first kappa shape index (κ1) is 36.9. The quantitative estimate of drug-likeness (QED) is 0.0579. The standard InChI is InChI=1S/C36H26N4O12S2/c41-27-15-13-23-25(9-3-11-29(23)53(47,48)49)31(27)39-33(43)19-5-1-7-21(17-19)37-35(45)36(46)38-22-8-2-6-20(18-22)34(44)40-32-26-10-4-12-30(54(50,51)52)24(26)14-16-28(32)42/h1-18,41-42H,(H,37,45)(H,38,46)(H,39,43)(H,40,44)(H,47,48,49)(H,50,51,52). The lowest BCUT2D eigenvalue weighted by Gasteiger charge is -2.13. The molecule has 0 aliphatic rings. The third kappa shape index (κ3) is 7.66. The molecule has 274 valence electrons. The number of rotatable bonds is 8. The van der Waals surface area contributed by atoms with Crippen LogP contribution in [0.4, 0.5) is 22.7 Å². The molecule has 0 aromatic heterocycles. The van der Waals surface area contributed by atoms with Gasteiger partial charge in [0.1, 0.15) is 21.3 Å². The highest BCUT2D eigenvalue weighted by molar-refractivity contribution is 7.86. The van der Waals surface area contributed by atoms with Gasteiger partial charge in [0.2, 0.25) is 0 Å². The molecule has 0 aliphatic heterocycles. The van der Waals surface area contributed by atoms with Crippen LogP contribution in [0.5, 0.6) is 11.5 Å². The van der Waals surface area contributed by atoms with Crippen LogP contribution in [0.1, 0.15) is 20.7 Å². The van der Waals surface area contributed by atoms with Crippen molar-refractivity contribution in [3.63, 3.8) is 0 Å². The maximum absolute atomic E-state index is 13.2. The lowest BCUT2D eigenvalue weighted by atomic mass is 10.1. The number of carbonyl (C=O) groups excluding carboxylic acids is 4. The van der Waals surface area contributed by atoms with E-state index >= 15 is 0 Å². The van der Waals surface area contributed by atoms with Crippen molar-refractivity contribution in [2.75, 3.05) is 21.3 Å². The molecule has 0 bridgehead atoms. The van der Waals surface area contributed by atoms with E-state index < -0.39 is 65.2 Å². The largest absolute Gasteiger partial charge is 0.506 e. The molecule has 0 aliphatic carbocycles. The molecular formula is C36H26N4O12S2. The molecule has 0 heterocycles. The highest BCUT2D eigenvalue weighted by Gasteiger charge is 2.21. The van der Waals surface area contributed by atoms with Gasteiger partial charge < -0.3 is 31.5 Å². The van der Waals surface area contributed by atoms with Gasteiger partial charge in [-0.05, 0) is 72.8 Å². The maximum Gasteiger partial charge on any atom is 0.314 e. The van der Waals surface area contributed by atoms with Gasteiger partial charge in [0.15, 0.2) is 0 Å². The summed E-state index contributed by atoms with van der Waals surface area (Å²) < 4.78 is 66.6. The molecule has 6 aromatic carbocycles. The van der Waals surface area contributed by atoms with Crippen molar-refractivity contribution in [3.05, 3.63) is 120 Å². The number of aromatic hydroxyl groups is 2. The molecule has 18 heteroatoms. The average Bonchev–Trinajstić information content (AvgIpc) is 3.12. The Bertz CT molecular complexity index is 2600. The summed E-state index contributed by atoms with van der Waals surface area (Å²) in [5, 5.41) is 30.9. The molecule has 0 unspecified atom stereocenters. The van der Waals surface area contributed by atoms with E-state index in [2.05, 4.69) is 21.3 Å². The Morgan fingerprint density at radius 1 is 0.444 bits per heavy atom. The van der Waals surface area contributed by atoms with Crippen LogP contribution in [0.2, 0.25) is 0 Å². The Morgan fingerprint density at radius 2 is 0.815 bits per heavy atom. The van der Waals surface area contributed by atoms with Crippen molar-refractivity contribution in [1.82, 2.24) is 0 Å². The maximum atomic E-state index is 13.2. The minimum Gasteiger partial charge on any atom is -0.506 e. The van der Waals surface area contributed by atoms with Crippen LogP contribution in [0, 0.1) is 0 Å². The predicted molar refractivity (Wildman–Crippen MR) is 197 cm³/mol. The number of fused-ring (bicyclic) bond motifs is 2. The Balaban J connectivity index is 1.14. The van der Waals surface area contributed by atoms with Crippen molar-refractivity contribution in [2.24, 2.45) is 0 Å². The van der Waals surface area contributed by atoms with Crippen LogP contribution in [-0.4, -0.2) is 59.8 Å².